The van der Waals surface area contributed by atoms with Crippen LogP contribution in [0.2, 0.25) is 0 Å². The quantitative estimate of drug-likeness (QED) is 0.694. The average molecular weight is 416 g/mol. The van der Waals surface area contributed by atoms with Gasteiger partial charge in [-0.1, -0.05) is 31.2 Å². The molecule has 0 saturated carbocycles. The van der Waals surface area contributed by atoms with E-state index in [9.17, 15) is 4.79 Å². The molecule has 1 aromatic heterocycles. The monoisotopic (exact) mass is 415 g/mol. The number of hydrogen-bond acceptors (Lipinski definition) is 4. The number of carbonyl (C=O) groups is 1. The Morgan fingerprint density at radius 2 is 1.81 bits per heavy atom. The lowest BCUT2D eigenvalue weighted by Gasteiger charge is -2.26. The molecule has 1 aromatic carbocycles. The molecule has 2 aromatic rings. The summed E-state index contributed by atoms with van der Waals surface area (Å²) >= 11 is 0. The Bertz CT molecular complexity index is 688. The van der Waals surface area contributed by atoms with Crippen molar-refractivity contribution in [3.05, 3.63) is 53.3 Å². The number of halogens is 2. The highest BCUT2D eigenvalue weighted by molar-refractivity contribution is 5.85. The Balaban J connectivity index is 0.00000338. The van der Waals surface area contributed by atoms with Crippen LogP contribution in [0.4, 0.5) is 0 Å². The van der Waals surface area contributed by atoms with Gasteiger partial charge in [0.15, 0.2) is 0 Å². The van der Waals surface area contributed by atoms with Crippen molar-refractivity contribution in [1.82, 2.24) is 25.3 Å². The Labute approximate surface area is 174 Å². The number of nitrogens with zero attached hydrogens (tertiary/aromatic N) is 3. The average Bonchev–Trinajstić information content (AvgIpc) is 3.02. The molecule has 0 fully saturated rings. The lowest BCUT2D eigenvalue weighted by molar-refractivity contribution is -0.123. The number of amides is 1. The van der Waals surface area contributed by atoms with E-state index < -0.39 is 6.04 Å². The van der Waals surface area contributed by atoms with Gasteiger partial charge in [0.25, 0.3) is 0 Å². The maximum atomic E-state index is 12.6. The molecule has 152 valence electrons. The fourth-order valence-corrected chi connectivity index (χ4v) is 2.91. The minimum atomic E-state index is -0.404. The van der Waals surface area contributed by atoms with Gasteiger partial charge in [0.05, 0.1) is 12.2 Å². The lowest BCUT2D eigenvalue weighted by Crippen LogP contribution is -2.40. The summed E-state index contributed by atoms with van der Waals surface area (Å²) in [7, 11) is 7.68. The number of likely N-dealkylation sites (N-methyl/N-ethyl adjacent to an activating group) is 2. The predicted octanol–water partition coefficient (Wildman–Crippen LogP) is 2.51. The molecule has 2 atom stereocenters. The van der Waals surface area contributed by atoms with Gasteiger partial charge in [0.2, 0.25) is 5.91 Å². The largest absolute Gasteiger partial charge is 0.353 e. The first-order chi connectivity index (χ1) is 12.0. The molecule has 27 heavy (non-hydrogen) atoms. The van der Waals surface area contributed by atoms with E-state index in [1.54, 1.807) is 17.9 Å². The van der Waals surface area contributed by atoms with E-state index in [-0.39, 0.29) is 36.8 Å². The van der Waals surface area contributed by atoms with Crippen molar-refractivity contribution in [2.45, 2.75) is 25.4 Å². The minimum absolute atomic E-state index is 0. The summed E-state index contributed by atoms with van der Waals surface area (Å²) in [6.45, 7) is 2.70. The highest BCUT2D eigenvalue weighted by Crippen LogP contribution is 2.19. The van der Waals surface area contributed by atoms with Gasteiger partial charge in [-0.3, -0.25) is 9.48 Å². The molecule has 2 unspecified atom stereocenters. The number of carbonyl (C=O) groups excluding carboxylic acids is 1. The molecule has 0 saturated heterocycles. The Hall–Kier alpha value is -1.60. The molecule has 0 aliphatic rings. The zero-order chi connectivity index (χ0) is 18.4. The van der Waals surface area contributed by atoms with Crippen LogP contribution in [-0.4, -0.2) is 48.3 Å². The number of aryl methyl sites for hydroxylation is 2. The van der Waals surface area contributed by atoms with Gasteiger partial charge in [0.1, 0.15) is 6.04 Å². The Kier molecular flexibility index (Phi) is 11.3. The van der Waals surface area contributed by atoms with Crippen molar-refractivity contribution < 1.29 is 4.79 Å². The topological polar surface area (TPSA) is 62.2 Å². The minimum Gasteiger partial charge on any atom is -0.353 e. The molecule has 0 aliphatic heterocycles. The molecule has 2 N–H and O–H groups in total. The number of benzene rings is 1. The van der Waals surface area contributed by atoms with Crippen LogP contribution in [0.15, 0.2) is 36.7 Å². The zero-order valence-electron chi connectivity index (χ0n) is 16.6. The molecule has 0 radical (unpaired) electrons. The van der Waals surface area contributed by atoms with Gasteiger partial charge < -0.3 is 15.5 Å². The van der Waals surface area contributed by atoms with E-state index in [0.29, 0.717) is 6.54 Å². The van der Waals surface area contributed by atoms with Crippen molar-refractivity contribution in [2.75, 3.05) is 27.7 Å². The van der Waals surface area contributed by atoms with Crippen molar-refractivity contribution in [3.63, 3.8) is 0 Å². The van der Waals surface area contributed by atoms with E-state index in [2.05, 4.69) is 51.8 Å². The second kappa shape index (κ2) is 12.0. The fourth-order valence-electron chi connectivity index (χ4n) is 2.91. The second-order valence-electron chi connectivity index (χ2n) is 6.49. The number of aromatic nitrogens is 2. The Morgan fingerprint density at radius 1 is 1.19 bits per heavy atom. The van der Waals surface area contributed by atoms with Crippen LogP contribution < -0.4 is 10.6 Å². The summed E-state index contributed by atoms with van der Waals surface area (Å²) in [5, 5.41) is 10.3. The predicted molar refractivity (Wildman–Crippen MR) is 115 cm³/mol. The van der Waals surface area contributed by atoms with E-state index in [1.165, 1.54) is 11.1 Å². The number of rotatable bonds is 8. The molecule has 8 heteroatoms. The summed E-state index contributed by atoms with van der Waals surface area (Å²) in [5.74, 6) is -0.0486. The van der Waals surface area contributed by atoms with E-state index in [0.717, 1.165) is 12.0 Å². The van der Waals surface area contributed by atoms with Crippen LogP contribution in [0, 0.1) is 0 Å². The fraction of sp³-hybridized carbons (Fsp3) is 0.474. The van der Waals surface area contributed by atoms with Gasteiger partial charge in [-0.25, -0.2) is 0 Å². The third-order valence-electron chi connectivity index (χ3n) is 4.47. The van der Waals surface area contributed by atoms with Gasteiger partial charge in [0, 0.05) is 25.4 Å². The highest BCUT2D eigenvalue weighted by atomic mass is 35.5. The SMILES string of the molecule is CCc1ccc(C(CNC(=O)C(NC)c2cnn(C)c2)N(C)C)cc1.Cl.Cl. The molecule has 0 aliphatic carbocycles. The van der Waals surface area contributed by atoms with Gasteiger partial charge in [-0.2, -0.15) is 5.10 Å². The maximum Gasteiger partial charge on any atom is 0.241 e. The molecule has 2 rings (SSSR count). The van der Waals surface area contributed by atoms with E-state index in [4.69, 9.17) is 0 Å². The van der Waals surface area contributed by atoms with Crippen LogP contribution in [0.25, 0.3) is 0 Å². The number of hydrogen-bond donors (Lipinski definition) is 2. The van der Waals surface area contributed by atoms with Crippen molar-refractivity contribution >= 4 is 30.7 Å². The van der Waals surface area contributed by atoms with Crippen LogP contribution in [-0.2, 0) is 18.3 Å². The van der Waals surface area contributed by atoms with Gasteiger partial charge in [-0.05, 0) is 38.7 Å². The first-order valence-electron chi connectivity index (χ1n) is 8.65. The van der Waals surface area contributed by atoms with Gasteiger partial charge in [-0.15, -0.1) is 24.8 Å². The number of nitrogens with one attached hydrogen (secondary N) is 2. The van der Waals surface area contributed by atoms with E-state index >= 15 is 0 Å². The highest BCUT2D eigenvalue weighted by Gasteiger charge is 2.22. The Morgan fingerprint density at radius 3 is 2.26 bits per heavy atom. The van der Waals surface area contributed by atoms with Crippen LogP contribution in [0.1, 0.15) is 35.7 Å². The molecular weight excluding hydrogens is 385 g/mol. The first kappa shape index (κ1) is 25.4. The second-order valence-corrected chi connectivity index (χ2v) is 6.49. The first-order valence-corrected chi connectivity index (χ1v) is 8.65. The van der Waals surface area contributed by atoms with Crippen molar-refractivity contribution in [3.8, 4) is 0 Å². The molecule has 0 spiro atoms. The third-order valence-corrected chi connectivity index (χ3v) is 4.47. The summed E-state index contributed by atoms with van der Waals surface area (Å²) in [5.41, 5.74) is 3.37. The molecule has 1 heterocycles. The standard InChI is InChI=1S/C19H29N5O.2ClH/c1-6-14-7-9-15(10-8-14)17(23(3)4)12-21-19(25)18(20-2)16-11-22-24(5)13-16;;/h7-11,13,17-18,20H,6,12H2,1-5H3,(H,21,25);2*1H. The summed E-state index contributed by atoms with van der Waals surface area (Å²) in [4.78, 5) is 14.7. The maximum absolute atomic E-state index is 12.6. The molecular formula is C19H31Cl2N5O. The van der Waals surface area contributed by atoms with Crippen LogP contribution in [0.3, 0.4) is 0 Å². The van der Waals surface area contributed by atoms with Crippen LogP contribution >= 0.6 is 24.8 Å². The zero-order valence-corrected chi connectivity index (χ0v) is 18.2. The summed E-state index contributed by atoms with van der Waals surface area (Å²) in [6.07, 6.45) is 4.60. The molecule has 6 nitrogen and oxygen atoms in total. The summed E-state index contributed by atoms with van der Waals surface area (Å²) < 4.78 is 1.70. The van der Waals surface area contributed by atoms with Gasteiger partial charge >= 0.3 is 0 Å². The van der Waals surface area contributed by atoms with Crippen molar-refractivity contribution in [2.24, 2.45) is 7.05 Å². The lowest BCUT2D eigenvalue weighted by atomic mass is 10.0. The third kappa shape index (κ3) is 6.81. The normalized spacial score (nSPS) is 12.7. The molecule has 0 bridgehead atoms. The van der Waals surface area contributed by atoms with E-state index in [1.807, 2.05) is 27.3 Å². The smallest absolute Gasteiger partial charge is 0.241 e. The summed E-state index contributed by atoms with van der Waals surface area (Å²) in [6, 6.07) is 8.32. The molecule has 1 amide bonds. The van der Waals surface area contributed by atoms with Crippen molar-refractivity contribution in [1.29, 1.82) is 0 Å². The van der Waals surface area contributed by atoms with Crippen LogP contribution in [0.5, 0.6) is 0 Å².